The Hall–Kier alpha value is -1.67. The Kier molecular flexibility index (Phi) is 5.02. The Morgan fingerprint density at radius 2 is 2.18 bits per heavy atom. The monoisotopic (exact) mass is 349 g/mol. The number of aromatic nitrogens is 2. The van der Waals surface area contributed by atoms with Gasteiger partial charge in [0.1, 0.15) is 0 Å². The van der Waals surface area contributed by atoms with Crippen molar-refractivity contribution >= 4 is 35.0 Å². The van der Waals surface area contributed by atoms with Gasteiger partial charge in [-0.15, -0.1) is 0 Å². The number of rotatable bonds is 4. The van der Waals surface area contributed by atoms with Gasteiger partial charge in [-0.25, -0.2) is 4.98 Å². The molecule has 0 aliphatic heterocycles. The van der Waals surface area contributed by atoms with E-state index in [4.69, 9.17) is 11.6 Å². The van der Waals surface area contributed by atoms with Gasteiger partial charge in [-0.05, 0) is 18.2 Å². The van der Waals surface area contributed by atoms with Crippen LogP contribution in [0, 0.1) is 0 Å². The molecule has 0 aliphatic rings. The molecule has 0 radical (unpaired) electrons. The largest absolute Gasteiger partial charge is 0.416 e. The zero-order valence-corrected chi connectivity index (χ0v) is 12.9. The minimum atomic E-state index is -4.49. The highest BCUT2D eigenvalue weighted by molar-refractivity contribution is 7.99. The quantitative estimate of drug-likeness (QED) is 0.853. The van der Waals surface area contributed by atoms with Crippen LogP contribution in [-0.2, 0) is 18.0 Å². The van der Waals surface area contributed by atoms with Crippen LogP contribution in [0.5, 0.6) is 0 Å². The third-order valence-electron chi connectivity index (χ3n) is 2.68. The molecule has 0 fully saturated rings. The van der Waals surface area contributed by atoms with Gasteiger partial charge in [-0.3, -0.25) is 4.79 Å². The first kappa shape index (κ1) is 16.7. The van der Waals surface area contributed by atoms with Crippen molar-refractivity contribution in [2.24, 2.45) is 7.05 Å². The van der Waals surface area contributed by atoms with Crippen molar-refractivity contribution in [3.8, 4) is 0 Å². The summed E-state index contributed by atoms with van der Waals surface area (Å²) >= 11 is 6.98. The number of halogens is 4. The molecule has 1 heterocycles. The van der Waals surface area contributed by atoms with Crippen LogP contribution in [0.3, 0.4) is 0 Å². The Balaban J connectivity index is 2.03. The van der Waals surface area contributed by atoms with Crippen LogP contribution >= 0.6 is 23.4 Å². The SMILES string of the molecule is Cn1ccnc1SCC(=O)Nc1cc(C(F)(F)F)ccc1Cl. The summed E-state index contributed by atoms with van der Waals surface area (Å²) in [6.45, 7) is 0. The highest BCUT2D eigenvalue weighted by Gasteiger charge is 2.31. The Morgan fingerprint density at radius 3 is 2.77 bits per heavy atom. The van der Waals surface area contributed by atoms with Crippen LogP contribution in [0.4, 0.5) is 18.9 Å². The van der Waals surface area contributed by atoms with E-state index >= 15 is 0 Å². The number of amides is 1. The molecule has 1 aromatic carbocycles. The zero-order valence-electron chi connectivity index (χ0n) is 11.3. The maximum atomic E-state index is 12.6. The predicted octanol–water partition coefficient (Wildman–Crippen LogP) is 3.82. The minimum Gasteiger partial charge on any atom is -0.329 e. The predicted molar refractivity (Wildman–Crippen MR) is 79.0 cm³/mol. The van der Waals surface area contributed by atoms with Crippen LogP contribution in [-0.4, -0.2) is 21.2 Å². The first-order chi connectivity index (χ1) is 10.3. The normalized spacial score (nSPS) is 11.5. The molecule has 1 N–H and O–H groups in total. The number of benzene rings is 1. The number of hydrogen-bond acceptors (Lipinski definition) is 3. The molecule has 0 unspecified atom stereocenters. The van der Waals surface area contributed by atoms with E-state index in [2.05, 4.69) is 10.3 Å². The highest BCUT2D eigenvalue weighted by Crippen LogP contribution is 2.33. The molecular formula is C13H11ClF3N3OS. The van der Waals surface area contributed by atoms with Gasteiger partial charge in [0.25, 0.3) is 0 Å². The van der Waals surface area contributed by atoms with Crippen LogP contribution in [0.1, 0.15) is 5.56 Å². The van der Waals surface area contributed by atoms with E-state index < -0.39 is 17.6 Å². The lowest BCUT2D eigenvalue weighted by atomic mass is 10.2. The van der Waals surface area contributed by atoms with Crippen molar-refractivity contribution in [1.82, 2.24) is 9.55 Å². The fourth-order valence-corrected chi connectivity index (χ4v) is 2.50. The summed E-state index contributed by atoms with van der Waals surface area (Å²) in [5.41, 5.74) is -0.939. The molecule has 0 saturated heterocycles. The molecule has 9 heteroatoms. The third kappa shape index (κ3) is 4.17. The lowest BCUT2D eigenvalue weighted by Gasteiger charge is -2.11. The number of nitrogens with zero attached hydrogens (tertiary/aromatic N) is 2. The number of anilines is 1. The van der Waals surface area contributed by atoms with Gasteiger partial charge in [-0.1, -0.05) is 23.4 Å². The molecule has 0 saturated carbocycles. The molecule has 0 bridgehead atoms. The molecule has 22 heavy (non-hydrogen) atoms. The average molecular weight is 350 g/mol. The second kappa shape index (κ2) is 6.62. The molecule has 0 aliphatic carbocycles. The number of carbonyl (C=O) groups is 1. The van der Waals surface area contributed by atoms with Gasteiger partial charge in [0, 0.05) is 19.4 Å². The van der Waals surface area contributed by atoms with Crippen LogP contribution in [0.15, 0.2) is 35.7 Å². The molecule has 2 rings (SSSR count). The number of alkyl halides is 3. The molecule has 1 aromatic heterocycles. The average Bonchev–Trinajstić information content (AvgIpc) is 2.83. The van der Waals surface area contributed by atoms with E-state index in [0.29, 0.717) is 5.16 Å². The van der Waals surface area contributed by atoms with Crippen molar-refractivity contribution in [3.63, 3.8) is 0 Å². The fourth-order valence-electron chi connectivity index (χ4n) is 1.60. The molecule has 1 amide bonds. The number of carbonyl (C=O) groups excluding carboxylic acids is 1. The zero-order chi connectivity index (χ0) is 16.3. The number of thioether (sulfide) groups is 1. The van der Waals surface area contributed by atoms with Gasteiger partial charge in [0.05, 0.1) is 22.0 Å². The van der Waals surface area contributed by atoms with Crippen LogP contribution in [0.2, 0.25) is 5.02 Å². The highest BCUT2D eigenvalue weighted by atomic mass is 35.5. The van der Waals surface area contributed by atoms with E-state index in [1.807, 2.05) is 0 Å². The van der Waals surface area contributed by atoms with Crippen molar-refractivity contribution in [2.75, 3.05) is 11.1 Å². The second-order valence-electron chi connectivity index (χ2n) is 4.35. The van der Waals surface area contributed by atoms with E-state index in [-0.39, 0.29) is 16.5 Å². The minimum absolute atomic E-state index is 0.0113. The van der Waals surface area contributed by atoms with Crippen molar-refractivity contribution in [1.29, 1.82) is 0 Å². The van der Waals surface area contributed by atoms with Gasteiger partial charge < -0.3 is 9.88 Å². The topological polar surface area (TPSA) is 46.9 Å². The molecule has 0 spiro atoms. The van der Waals surface area contributed by atoms with Gasteiger partial charge >= 0.3 is 6.18 Å². The van der Waals surface area contributed by atoms with E-state index in [0.717, 1.165) is 18.2 Å². The molecule has 4 nitrogen and oxygen atoms in total. The third-order valence-corrected chi connectivity index (χ3v) is 4.06. The molecule has 2 aromatic rings. The van der Waals surface area contributed by atoms with Crippen LogP contribution < -0.4 is 5.32 Å². The van der Waals surface area contributed by atoms with Crippen LogP contribution in [0.25, 0.3) is 0 Å². The second-order valence-corrected chi connectivity index (χ2v) is 5.70. The van der Waals surface area contributed by atoms with E-state index in [1.54, 1.807) is 24.0 Å². The maximum Gasteiger partial charge on any atom is 0.416 e. The fraction of sp³-hybridized carbons (Fsp3) is 0.231. The summed E-state index contributed by atoms with van der Waals surface area (Å²) in [6, 6.07) is 2.78. The number of imidazole rings is 1. The number of aryl methyl sites for hydroxylation is 1. The van der Waals surface area contributed by atoms with Gasteiger partial charge in [0.2, 0.25) is 5.91 Å². The lowest BCUT2D eigenvalue weighted by Crippen LogP contribution is -2.15. The Bertz CT molecular complexity index is 687. The molecule has 0 atom stereocenters. The van der Waals surface area contributed by atoms with Crippen molar-refractivity contribution in [2.45, 2.75) is 11.3 Å². The van der Waals surface area contributed by atoms with Crippen molar-refractivity contribution in [3.05, 3.63) is 41.2 Å². The van der Waals surface area contributed by atoms with Crippen molar-refractivity contribution < 1.29 is 18.0 Å². The maximum absolute atomic E-state index is 12.6. The molecule has 118 valence electrons. The van der Waals surface area contributed by atoms with E-state index in [1.165, 1.54) is 11.8 Å². The summed E-state index contributed by atoms with van der Waals surface area (Å²) in [6.07, 6.45) is -1.18. The van der Waals surface area contributed by atoms with E-state index in [9.17, 15) is 18.0 Å². The summed E-state index contributed by atoms with van der Waals surface area (Å²) in [4.78, 5) is 15.9. The Morgan fingerprint density at radius 1 is 1.45 bits per heavy atom. The summed E-state index contributed by atoms with van der Waals surface area (Å²) < 4.78 is 39.7. The van der Waals surface area contributed by atoms with Gasteiger partial charge in [0.15, 0.2) is 5.16 Å². The molecular weight excluding hydrogens is 339 g/mol. The first-order valence-electron chi connectivity index (χ1n) is 6.04. The summed E-state index contributed by atoms with van der Waals surface area (Å²) in [5.74, 6) is -0.452. The number of hydrogen-bond donors (Lipinski definition) is 1. The Labute approximate surface area is 133 Å². The summed E-state index contributed by atoms with van der Waals surface area (Å²) in [5, 5.41) is 3.05. The van der Waals surface area contributed by atoms with Gasteiger partial charge in [-0.2, -0.15) is 13.2 Å². The summed E-state index contributed by atoms with van der Waals surface area (Å²) in [7, 11) is 1.77. The number of nitrogens with one attached hydrogen (secondary N) is 1. The smallest absolute Gasteiger partial charge is 0.329 e. The first-order valence-corrected chi connectivity index (χ1v) is 7.40. The standard InChI is InChI=1S/C13H11ClF3N3OS/c1-20-5-4-18-12(20)22-7-11(21)19-10-6-8(13(15,16)17)2-3-9(10)14/h2-6H,7H2,1H3,(H,19,21). The lowest BCUT2D eigenvalue weighted by molar-refractivity contribution is -0.137.